The van der Waals surface area contributed by atoms with Crippen LogP contribution in [0.1, 0.15) is 6.42 Å². The number of esters is 1. The summed E-state index contributed by atoms with van der Waals surface area (Å²) in [6.45, 7) is 1.45. The van der Waals surface area contributed by atoms with Gasteiger partial charge in [0.15, 0.2) is 0 Å². The van der Waals surface area contributed by atoms with Gasteiger partial charge in [-0.3, -0.25) is 9.69 Å². The van der Waals surface area contributed by atoms with E-state index in [4.69, 9.17) is 21.1 Å². The molecule has 5 nitrogen and oxygen atoms in total. The van der Waals surface area contributed by atoms with E-state index in [2.05, 4.69) is 0 Å². The first kappa shape index (κ1) is 15.1. The van der Waals surface area contributed by atoms with E-state index in [-0.39, 0.29) is 12.0 Å². The van der Waals surface area contributed by atoms with Crippen LogP contribution in [0.3, 0.4) is 0 Å². The largest absolute Gasteiger partial charge is 0.492 e. The molecule has 0 aromatic heterocycles. The van der Waals surface area contributed by atoms with Crippen LogP contribution in [0.4, 0.5) is 0 Å². The summed E-state index contributed by atoms with van der Waals surface area (Å²) in [5, 5.41) is 10.3. The first-order valence-corrected chi connectivity index (χ1v) is 6.86. The lowest BCUT2D eigenvalue weighted by atomic mass is 10.2. The van der Waals surface area contributed by atoms with Gasteiger partial charge in [0.2, 0.25) is 0 Å². The van der Waals surface area contributed by atoms with Crippen molar-refractivity contribution in [3.05, 3.63) is 29.3 Å². The summed E-state index contributed by atoms with van der Waals surface area (Å²) in [5.74, 6) is 0.414. The van der Waals surface area contributed by atoms with Crippen LogP contribution in [0.25, 0.3) is 0 Å². The molecule has 1 fully saturated rings. The third-order valence-corrected chi connectivity index (χ3v) is 3.57. The Morgan fingerprint density at radius 1 is 1.45 bits per heavy atom. The summed E-state index contributed by atoms with van der Waals surface area (Å²) < 4.78 is 10.3. The second kappa shape index (κ2) is 6.92. The smallest absolute Gasteiger partial charge is 0.323 e. The number of methoxy groups -OCH3 is 1. The molecular weight excluding hydrogens is 282 g/mol. The summed E-state index contributed by atoms with van der Waals surface area (Å²) in [4.78, 5) is 13.5. The van der Waals surface area contributed by atoms with Crippen molar-refractivity contribution in [3.63, 3.8) is 0 Å². The second-order valence-corrected chi connectivity index (χ2v) is 5.16. The molecule has 0 unspecified atom stereocenters. The molecule has 20 heavy (non-hydrogen) atoms. The molecule has 6 heteroatoms. The average molecular weight is 300 g/mol. The molecule has 1 aliphatic rings. The van der Waals surface area contributed by atoms with Crippen molar-refractivity contribution in [2.24, 2.45) is 0 Å². The highest BCUT2D eigenvalue weighted by Crippen LogP contribution is 2.19. The number of likely N-dealkylation sites (tertiary alicyclic amines) is 1. The highest BCUT2D eigenvalue weighted by Gasteiger charge is 2.36. The fourth-order valence-corrected chi connectivity index (χ4v) is 2.45. The van der Waals surface area contributed by atoms with Gasteiger partial charge in [0, 0.05) is 24.5 Å². The maximum Gasteiger partial charge on any atom is 0.323 e. The topological polar surface area (TPSA) is 59.0 Å². The zero-order chi connectivity index (χ0) is 14.5. The van der Waals surface area contributed by atoms with E-state index < -0.39 is 6.10 Å². The normalized spacial score (nSPS) is 22.8. The molecule has 2 rings (SSSR count). The van der Waals surface area contributed by atoms with Gasteiger partial charge in [0.05, 0.1) is 13.2 Å². The highest BCUT2D eigenvalue weighted by molar-refractivity contribution is 6.30. The van der Waals surface area contributed by atoms with Crippen LogP contribution in [-0.2, 0) is 9.53 Å². The molecular formula is C14H18ClNO4. The summed E-state index contributed by atoms with van der Waals surface area (Å²) in [6, 6.07) is 6.71. The lowest BCUT2D eigenvalue weighted by molar-refractivity contribution is -0.146. The van der Waals surface area contributed by atoms with Crippen molar-refractivity contribution in [1.29, 1.82) is 0 Å². The molecule has 0 radical (unpaired) electrons. The number of hydrogen-bond donors (Lipinski definition) is 1. The number of β-amino-alcohol motifs (C(OH)–C–C–N with tert-alkyl or cyclic N) is 1. The van der Waals surface area contributed by atoms with Gasteiger partial charge in [-0.2, -0.15) is 0 Å². The van der Waals surface area contributed by atoms with E-state index >= 15 is 0 Å². The molecule has 1 heterocycles. The third kappa shape index (κ3) is 3.85. The maximum absolute atomic E-state index is 11.6. The fourth-order valence-electron chi connectivity index (χ4n) is 2.32. The quantitative estimate of drug-likeness (QED) is 0.831. The number of nitrogens with zero attached hydrogens (tertiary/aromatic N) is 1. The van der Waals surface area contributed by atoms with Crippen molar-refractivity contribution in [1.82, 2.24) is 4.90 Å². The summed E-state index contributed by atoms with van der Waals surface area (Å²) in [6.07, 6.45) is -0.0807. The Bertz CT molecular complexity index is 451. The average Bonchev–Trinajstić information content (AvgIpc) is 2.81. The van der Waals surface area contributed by atoms with E-state index in [0.29, 0.717) is 31.1 Å². The van der Waals surface area contributed by atoms with Crippen LogP contribution in [0.15, 0.2) is 24.3 Å². The van der Waals surface area contributed by atoms with Crippen molar-refractivity contribution in [2.75, 3.05) is 26.8 Å². The highest BCUT2D eigenvalue weighted by atomic mass is 35.5. The second-order valence-electron chi connectivity index (χ2n) is 4.73. The molecule has 1 aromatic carbocycles. The molecule has 110 valence electrons. The first-order valence-electron chi connectivity index (χ1n) is 6.48. The molecule has 1 saturated heterocycles. The molecule has 0 aliphatic carbocycles. The number of aliphatic hydroxyl groups is 1. The number of carbonyl (C=O) groups excluding carboxylic acids is 1. The zero-order valence-corrected chi connectivity index (χ0v) is 12.0. The number of carbonyl (C=O) groups is 1. The Morgan fingerprint density at radius 2 is 2.15 bits per heavy atom. The van der Waals surface area contributed by atoms with Crippen LogP contribution in [0, 0.1) is 0 Å². The standard InChI is InChI=1S/C14H18ClNO4/c1-19-14(18)13-8-11(17)9-16(13)6-7-20-12-4-2-10(15)3-5-12/h2-5,11,13,17H,6-9H2,1H3/t11-,13+/m1/s1. The van der Waals surface area contributed by atoms with Crippen molar-refractivity contribution >= 4 is 17.6 Å². The summed E-state index contributed by atoms with van der Waals surface area (Å²) in [5.41, 5.74) is 0. The molecule has 0 spiro atoms. The van der Waals surface area contributed by atoms with Gasteiger partial charge >= 0.3 is 5.97 Å². The van der Waals surface area contributed by atoms with Crippen molar-refractivity contribution < 1.29 is 19.4 Å². The number of hydrogen-bond acceptors (Lipinski definition) is 5. The third-order valence-electron chi connectivity index (χ3n) is 3.32. The number of benzene rings is 1. The number of halogens is 1. The maximum atomic E-state index is 11.6. The first-order chi connectivity index (χ1) is 9.60. The predicted molar refractivity (Wildman–Crippen MR) is 74.9 cm³/mol. The van der Waals surface area contributed by atoms with E-state index in [9.17, 15) is 9.90 Å². The molecule has 1 aliphatic heterocycles. The van der Waals surface area contributed by atoms with Crippen molar-refractivity contribution in [2.45, 2.75) is 18.6 Å². The van der Waals surface area contributed by atoms with E-state index in [1.165, 1.54) is 7.11 Å². The van der Waals surface area contributed by atoms with Crippen LogP contribution < -0.4 is 4.74 Å². The molecule has 0 bridgehead atoms. The molecule has 1 aromatic rings. The van der Waals surface area contributed by atoms with Crippen molar-refractivity contribution in [3.8, 4) is 5.75 Å². The fraction of sp³-hybridized carbons (Fsp3) is 0.500. The lowest BCUT2D eigenvalue weighted by Crippen LogP contribution is -2.39. The Balaban J connectivity index is 1.83. The van der Waals surface area contributed by atoms with Crippen LogP contribution in [-0.4, -0.2) is 54.9 Å². The number of rotatable bonds is 5. The van der Waals surface area contributed by atoms with Crippen LogP contribution in [0.5, 0.6) is 5.75 Å². The summed E-state index contributed by atoms with van der Waals surface area (Å²) >= 11 is 5.79. The van der Waals surface area contributed by atoms with Gasteiger partial charge in [-0.15, -0.1) is 0 Å². The Morgan fingerprint density at radius 3 is 2.80 bits per heavy atom. The van der Waals surface area contributed by atoms with Gasteiger partial charge < -0.3 is 14.6 Å². The zero-order valence-electron chi connectivity index (χ0n) is 11.3. The van der Waals surface area contributed by atoms with E-state index in [0.717, 1.165) is 5.75 Å². The minimum absolute atomic E-state index is 0.312. The minimum atomic E-state index is -0.491. The Labute approximate surface area is 123 Å². The Hall–Kier alpha value is -1.30. The molecule has 0 amide bonds. The lowest BCUT2D eigenvalue weighted by Gasteiger charge is -2.21. The van der Waals surface area contributed by atoms with E-state index in [1.54, 1.807) is 24.3 Å². The minimum Gasteiger partial charge on any atom is -0.492 e. The van der Waals surface area contributed by atoms with Gasteiger partial charge in [-0.25, -0.2) is 0 Å². The summed E-state index contributed by atoms with van der Waals surface area (Å²) in [7, 11) is 1.36. The van der Waals surface area contributed by atoms with Crippen LogP contribution >= 0.6 is 11.6 Å². The Kier molecular flexibility index (Phi) is 5.23. The van der Waals surface area contributed by atoms with Gasteiger partial charge in [0.25, 0.3) is 0 Å². The van der Waals surface area contributed by atoms with Gasteiger partial charge in [-0.1, -0.05) is 11.6 Å². The predicted octanol–water partition coefficient (Wildman–Crippen LogP) is 1.33. The van der Waals surface area contributed by atoms with Gasteiger partial charge in [-0.05, 0) is 24.3 Å². The van der Waals surface area contributed by atoms with Gasteiger partial charge in [0.1, 0.15) is 18.4 Å². The number of aliphatic hydroxyl groups excluding tert-OH is 1. The SMILES string of the molecule is COC(=O)[C@@H]1C[C@@H](O)CN1CCOc1ccc(Cl)cc1. The molecule has 2 atom stereocenters. The number of ether oxygens (including phenoxy) is 2. The van der Waals surface area contributed by atoms with Crippen LogP contribution in [0.2, 0.25) is 5.02 Å². The molecule has 0 saturated carbocycles. The molecule has 1 N–H and O–H groups in total. The monoisotopic (exact) mass is 299 g/mol. The van der Waals surface area contributed by atoms with E-state index in [1.807, 2.05) is 4.90 Å².